The Hall–Kier alpha value is -0.340. The van der Waals surface area contributed by atoms with E-state index in [1.54, 1.807) is 0 Å². The summed E-state index contributed by atoms with van der Waals surface area (Å²) in [5.41, 5.74) is 3.04. The lowest BCUT2D eigenvalue weighted by molar-refractivity contribution is 0.458. The largest absolute Gasteiger partial charge is 0.314 e. The molecule has 0 aliphatic heterocycles. The van der Waals surface area contributed by atoms with Crippen LogP contribution >= 0.6 is 15.9 Å². The summed E-state index contributed by atoms with van der Waals surface area (Å²) in [6.07, 6.45) is 4.90. The maximum atomic E-state index is 3.65. The van der Waals surface area contributed by atoms with Gasteiger partial charge in [-0.1, -0.05) is 35.0 Å². The highest BCUT2D eigenvalue weighted by Gasteiger charge is 2.19. The van der Waals surface area contributed by atoms with Gasteiger partial charge in [-0.15, -0.1) is 0 Å². The Kier molecular flexibility index (Phi) is 3.81. The Morgan fingerprint density at radius 3 is 3.13 bits per heavy atom. The summed E-state index contributed by atoms with van der Waals surface area (Å²) in [7, 11) is 0. The fraction of sp³-hybridized carbons (Fsp3) is 0.538. The first-order valence-electron chi connectivity index (χ1n) is 5.81. The minimum Gasteiger partial charge on any atom is -0.314 e. The van der Waals surface area contributed by atoms with E-state index < -0.39 is 0 Å². The van der Waals surface area contributed by atoms with E-state index in [1.807, 2.05) is 0 Å². The zero-order valence-electron chi connectivity index (χ0n) is 9.22. The molecule has 0 saturated heterocycles. The van der Waals surface area contributed by atoms with E-state index >= 15 is 0 Å². The number of benzene rings is 1. The number of fused-ring (bicyclic) bond motifs is 1. The zero-order chi connectivity index (χ0) is 10.7. The molecule has 0 amide bonds. The molecular formula is C13H18BrN. The molecule has 1 N–H and O–H groups in total. The molecule has 1 aromatic carbocycles. The van der Waals surface area contributed by atoms with Crippen molar-refractivity contribution in [1.82, 2.24) is 5.32 Å². The Morgan fingerprint density at radius 2 is 2.33 bits per heavy atom. The number of rotatable bonds is 3. The SMILES string of the molecule is CCCN[C@H]1CCc2cccc(Br)c2C1. The van der Waals surface area contributed by atoms with E-state index in [4.69, 9.17) is 0 Å². The molecule has 0 bridgehead atoms. The van der Waals surface area contributed by atoms with E-state index in [0.29, 0.717) is 6.04 Å². The van der Waals surface area contributed by atoms with Crippen LogP contribution in [0.2, 0.25) is 0 Å². The maximum absolute atomic E-state index is 3.65. The van der Waals surface area contributed by atoms with Gasteiger partial charge in [0.15, 0.2) is 0 Å². The van der Waals surface area contributed by atoms with Crippen LogP contribution in [0.3, 0.4) is 0 Å². The Morgan fingerprint density at radius 1 is 1.47 bits per heavy atom. The minimum atomic E-state index is 0.677. The third kappa shape index (κ3) is 2.61. The van der Waals surface area contributed by atoms with Gasteiger partial charge < -0.3 is 5.32 Å². The van der Waals surface area contributed by atoms with Gasteiger partial charge in [0.1, 0.15) is 0 Å². The highest BCUT2D eigenvalue weighted by molar-refractivity contribution is 9.10. The van der Waals surface area contributed by atoms with Crippen molar-refractivity contribution in [2.24, 2.45) is 0 Å². The van der Waals surface area contributed by atoms with Crippen molar-refractivity contribution in [1.29, 1.82) is 0 Å². The first-order chi connectivity index (χ1) is 7.31. The van der Waals surface area contributed by atoms with E-state index in [0.717, 1.165) is 6.54 Å². The van der Waals surface area contributed by atoms with Crippen LogP contribution in [0.1, 0.15) is 30.9 Å². The van der Waals surface area contributed by atoms with Gasteiger partial charge in [0.2, 0.25) is 0 Å². The van der Waals surface area contributed by atoms with Crippen molar-refractivity contribution in [2.75, 3.05) is 6.54 Å². The molecule has 1 nitrogen and oxygen atoms in total. The Labute approximate surface area is 100 Å². The molecule has 1 aliphatic carbocycles. The summed E-state index contributed by atoms with van der Waals surface area (Å²) in [4.78, 5) is 0. The number of nitrogens with one attached hydrogen (secondary N) is 1. The topological polar surface area (TPSA) is 12.0 Å². The van der Waals surface area contributed by atoms with Crippen LogP contribution in [0.5, 0.6) is 0 Å². The van der Waals surface area contributed by atoms with Crippen LogP contribution in [-0.2, 0) is 12.8 Å². The van der Waals surface area contributed by atoms with Crippen molar-refractivity contribution >= 4 is 15.9 Å². The quantitative estimate of drug-likeness (QED) is 0.886. The van der Waals surface area contributed by atoms with Crippen molar-refractivity contribution < 1.29 is 0 Å². The lowest BCUT2D eigenvalue weighted by atomic mass is 9.88. The second-order valence-corrected chi connectivity index (χ2v) is 5.13. The Balaban J connectivity index is 2.08. The standard InChI is InChI=1S/C13H18BrN/c1-2-8-15-11-7-6-10-4-3-5-13(14)12(10)9-11/h3-5,11,15H,2,6-9H2,1H3/t11-/m0/s1. The number of halogens is 1. The van der Waals surface area contributed by atoms with Gasteiger partial charge in [-0.25, -0.2) is 0 Å². The van der Waals surface area contributed by atoms with E-state index in [1.165, 1.54) is 41.3 Å². The molecular weight excluding hydrogens is 250 g/mol. The van der Waals surface area contributed by atoms with Gasteiger partial charge in [-0.05, 0) is 49.4 Å². The molecule has 15 heavy (non-hydrogen) atoms. The molecule has 0 radical (unpaired) electrons. The van der Waals surface area contributed by atoms with E-state index in [9.17, 15) is 0 Å². The van der Waals surface area contributed by atoms with Gasteiger partial charge in [0, 0.05) is 10.5 Å². The summed E-state index contributed by atoms with van der Waals surface area (Å²) in [6, 6.07) is 7.23. The molecule has 2 heteroatoms. The normalized spacial score (nSPS) is 20.0. The van der Waals surface area contributed by atoms with Crippen LogP contribution in [0.4, 0.5) is 0 Å². The molecule has 0 saturated carbocycles. The number of hydrogen-bond acceptors (Lipinski definition) is 1. The smallest absolute Gasteiger partial charge is 0.0210 e. The molecule has 1 atom stereocenters. The van der Waals surface area contributed by atoms with Crippen molar-refractivity contribution in [3.05, 3.63) is 33.8 Å². The average molecular weight is 268 g/mol. The monoisotopic (exact) mass is 267 g/mol. The highest BCUT2D eigenvalue weighted by Crippen LogP contribution is 2.28. The average Bonchev–Trinajstić information content (AvgIpc) is 2.27. The summed E-state index contributed by atoms with van der Waals surface area (Å²) in [5, 5.41) is 3.62. The molecule has 0 aromatic heterocycles. The summed E-state index contributed by atoms with van der Waals surface area (Å²) in [5.74, 6) is 0. The fourth-order valence-corrected chi connectivity index (χ4v) is 2.84. The number of aryl methyl sites for hydroxylation is 1. The maximum Gasteiger partial charge on any atom is 0.0210 e. The first kappa shape index (κ1) is 11.2. The van der Waals surface area contributed by atoms with Crippen molar-refractivity contribution in [3.63, 3.8) is 0 Å². The molecule has 0 fully saturated rings. The summed E-state index contributed by atoms with van der Waals surface area (Å²) in [6.45, 7) is 3.37. The van der Waals surface area contributed by atoms with Gasteiger partial charge in [-0.3, -0.25) is 0 Å². The minimum absolute atomic E-state index is 0.677. The fourth-order valence-electron chi connectivity index (χ4n) is 2.27. The lowest BCUT2D eigenvalue weighted by Gasteiger charge is -2.26. The molecule has 2 rings (SSSR count). The van der Waals surface area contributed by atoms with Gasteiger partial charge in [-0.2, -0.15) is 0 Å². The second kappa shape index (κ2) is 5.13. The van der Waals surface area contributed by atoms with Crippen LogP contribution < -0.4 is 5.32 Å². The van der Waals surface area contributed by atoms with E-state index in [2.05, 4.69) is 46.4 Å². The molecule has 0 unspecified atom stereocenters. The molecule has 82 valence electrons. The lowest BCUT2D eigenvalue weighted by Crippen LogP contribution is -2.35. The Bertz CT molecular complexity index is 335. The van der Waals surface area contributed by atoms with Gasteiger partial charge in [0.25, 0.3) is 0 Å². The van der Waals surface area contributed by atoms with Crippen LogP contribution in [-0.4, -0.2) is 12.6 Å². The number of hydrogen-bond donors (Lipinski definition) is 1. The molecule has 1 aliphatic rings. The highest BCUT2D eigenvalue weighted by atomic mass is 79.9. The van der Waals surface area contributed by atoms with Crippen LogP contribution in [0, 0.1) is 0 Å². The van der Waals surface area contributed by atoms with Crippen molar-refractivity contribution in [2.45, 2.75) is 38.6 Å². The van der Waals surface area contributed by atoms with Crippen molar-refractivity contribution in [3.8, 4) is 0 Å². The molecule has 1 aromatic rings. The predicted molar refractivity (Wildman–Crippen MR) is 68.2 cm³/mol. The predicted octanol–water partition coefficient (Wildman–Crippen LogP) is 3.31. The van der Waals surface area contributed by atoms with Crippen LogP contribution in [0.15, 0.2) is 22.7 Å². The third-order valence-corrected chi connectivity index (χ3v) is 3.85. The second-order valence-electron chi connectivity index (χ2n) is 4.27. The van der Waals surface area contributed by atoms with Gasteiger partial charge in [0.05, 0.1) is 0 Å². The third-order valence-electron chi connectivity index (χ3n) is 3.11. The summed E-state index contributed by atoms with van der Waals surface area (Å²) >= 11 is 3.65. The zero-order valence-corrected chi connectivity index (χ0v) is 10.8. The molecule has 0 spiro atoms. The van der Waals surface area contributed by atoms with E-state index in [-0.39, 0.29) is 0 Å². The van der Waals surface area contributed by atoms with Crippen LogP contribution in [0.25, 0.3) is 0 Å². The van der Waals surface area contributed by atoms with Gasteiger partial charge >= 0.3 is 0 Å². The molecule has 0 heterocycles. The first-order valence-corrected chi connectivity index (χ1v) is 6.60. The summed E-state index contributed by atoms with van der Waals surface area (Å²) < 4.78 is 1.28.